The van der Waals surface area contributed by atoms with E-state index in [9.17, 15) is 9.59 Å². The number of benzene rings is 1. The van der Waals surface area contributed by atoms with Crippen LogP contribution in [0.4, 0.5) is 4.79 Å². The van der Waals surface area contributed by atoms with Crippen molar-refractivity contribution in [1.29, 1.82) is 0 Å². The molecular weight excluding hydrogens is 416 g/mol. The Kier molecular flexibility index (Phi) is 7.59. The van der Waals surface area contributed by atoms with Crippen molar-refractivity contribution in [3.8, 4) is 0 Å². The molecule has 1 aliphatic rings. The molecule has 2 aromatic rings. The Bertz CT molecular complexity index is 943. The highest BCUT2D eigenvalue weighted by molar-refractivity contribution is 6.31. The van der Waals surface area contributed by atoms with Crippen LogP contribution in [0.25, 0.3) is 0 Å². The highest BCUT2D eigenvalue weighted by atomic mass is 35.5. The largest absolute Gasteiger partial charge is 0.450 e. The van der Waals surface area contributed by atoms with Crippen molar-refractivity contribution in [2.75, 3.05) is 26.7 Å². The molecule has 0 saturated carbocycles. The van der Waals surface area contributed by atoms with Crippen molar-refractivity contribution in [3.05, 3.63) is 51.8 Å². The van der Waals surface area contributed by atoms with Crippen molar-refractivity contribution in [3.63, 3.8) is 0 Å². The van der Waals surface area contributed by atoms with Crippen LogP contribution in [0.3, 0.4) is 0 Å². The van der Waals surface area contributed by atoms with Gasteiger partial charge in [-0.3, -0.25) is 9.48 Å². The van der Waals surface area contributed by atoms with Crippen molar-refractivity contribution < 1.29 is 14.3 Å². The van der Waals surface area contributed by atoms with E-state index < -0.39 is 0 Å². The summed E-state index contributed by atoms with van der Waals surface area (Å²) in [7, 11) is 1.82. The fourth-order valence-electron chi connectivity index (χ4n) is 4.09. The van der Waals surface area contributed by atoms with Gasteiger partial charge in [0.2, 0.25) is 5.91 Å². The third-order valence-corrected chi connectivity index (χ3v) is 6.25. The first-order chi connectivity index (χ1) is 14.8. The van der Waals surface area contributed by atoms with Gasteiger partial charge in [-0.05, 0) is 45.2 Å². The van der Waals surface area contributed by atoms with E-state index in [2.05, 4.69) is 5.10 Å². The summed E-state index contributed by atoms with van der Waals surface area (Å²) < 4.78 is 7.04. The average Bonchev–Trinajstić information content (AvgIpc) is 3.02. The third-order valence-electron chi connectivity index (χ3n) is 5.88. The number of nitrogens with zero attached hydrogens (tertiary/aromatic N) is 4. The Labute approximate surface area is 188 Å². The van der Waals surface area contributed by atoms with E-state index >= 15 is 0 Å². The van der Waals surface area contributed by atoms with Crippen LogP contribution >= 0.6 is 11.6 Å². The molecule has 0 radical (unpaired) electrons. The second-order valence-corrected chi connectivity index (χ2v) is 8.48. The molecule has 0 spiro atoms. The molecule has 1 unspecified atom stereocenters. The third kappa shape index (κ3) is 5.39. The summed E-state index contributed by atoms with van der Waals surface area (Å²) in [5.74, 6) is -0.159. The molecule has 7 nitrogen and oxygen atoms in total. The molecular formula is C23H31ClN4O3. The van der Waals surface area contributed by atoms with Crippen LogP contribution in [0.2, 0.25) is 5.02 Å². The Balaban J connectivity index is 1.68. The summed E-state index contributed by atoms with van der Waals surface area (Å²) in [5.41, 5.74) is 3.97. The topological polar surface area (TPSA) is 67.7 Å². The van der Waals surface area contributed by atoms with Gasteiger partial charge in [-0.25, -0.2) is 4.79 Å². The molecule has 1 aromatic heterocycles. The summed E-state index contributed by atoms with van der Waals surface area (Å²) in [6.07, 6.45) is 1.25. The Morgan fingerprint density at radius 3 is 2.74 bits per heavy atom. The van der Waals surface area contributed by atoms with Crippen LogP contribution in [0.5, 0.6) is 0 Å². The number of aromatic nitrogens is 2. The number of rotatable bonds is 6. The fraction of sp³-hybridized carbons (Fsp3) is 0.522. The number of hydrogen-bond acceptors (Lipinski definition) is 4. The average molecular weight is 447 g/mol. The Morgan fingerprint density at radius 2 is 2.03 bits per heavy atom. The monoisotopic (exact) mass is 446 g/mol. The minimum absolute atomic E-state index is 0.0478. The molecule has 1 saturated heterocycles. The molecule has 0 bridgehead atoms. The zero-order chi connectivity index (χ0) is 22.5. The minimum Gasteiger partial charge on any atom is -0.450 e. The molecule has 1 aromatic carbocycles. The van der Waals surface area contributed by atoms with Gasteiger partial charge in [-0.2, -0.15) is 5.10 Å². The van der Waals surface area contributed by atoms with E-state index in [0.717, 1.165) is 35.4 Å². The van der Waals surface area contributed by atoms with Crippen LogP contribution < -0.4 is 0 Å². The second-order valence-electron chi connectivity index (χ2n) is 8.08. The van der Waals surface area contributed by atoms with Gasteiger partial charge in [0.1, 0.15) is 0 Å². The first-order valence-corrected chi connectivity index (χ1v) is 11.1. The number of ether oxygens (including phenoxy) is 1. The summed E-state index contributed by atoms with van der Waals surface area (Å²) in [4.78, 5) is 28.5. The lowest BCUT2D eigenvalue weighted by Crippen LogP contribution is -2.46. The van der Waals surface area contributed by atoms with Crippen molar-refractivity contribution in [2.45, 2.75) is 46.7 Å². The second kappa shape index (κ2) is 10.2. The molecule has 1 fully saturated rings. The number of likely N-dealkylation sites (tertiary alicyclic amines) is 1. The fourth-order valence-corrected chi connectivity index (χ4v) is 4.29. The summed E-state index contributed by atoms with van der Waals surface area (Å²) in [6.45, 7) is 8.22. The quantitative estimate of drug-likeness (QED) is 0.671. The first-order valence-electron chi connectivity index (χ1n) is 10.7. The summed E-state index contributed by atoms with van der Waals surface area (Å²) in [5, 5.41) is 5.39. The molecule has 0 aliphatic carbocycles. The lowest BCUT2D eigenvalue weighted by molar-refractivity contribution is -0.136. The number of hydrogen-bond donors (Lipinski definition) is 0. The van der Waals surface area contributed by atoms with E-state index in [1.807, 2.05) is 49.8 Å². The zero-order valence-corrected chi connectivity index (χ0v) is 19.5. The Hall–Kier alpha value is -2.54. The standard InChI is InChI=1S/C23H31ClN4O3/c1-5-31-23(30)27-12-8-10-19(13-27)22(29)26(4)15-20-16(2)25-28(17(20)3)14-18-9-6-7-11-21(18)24/h6-7,9,11,19H,5,8,10,12-15H2,1-4H3. The number of carbonyl (C=O) groups is 2. The van der Waals surface area contributed by atoms with Crippen molar-refractivity contribution in [1.82, 2.24) is 19.6 Å². The van der Waals surface area contributed by atoms with Gasteiger partial charge in [0.05, 0.1) is 24.8 Å². The minimum atomic E-state index is -0.338. The van der Waals surface area contributed by atoms with Gasteiger partial charge >= 0.3 is 6.09 Å². The van der Waals surface area contributed by atoms with Crippen molar-refractivity contribution in [2.24, 2.45) is 5.92 Å². The number of piperidine rings is 1. The molecule has 31 heavy (non-hydrogen) atoms. The van der Waals surface area contributed by atoms with Crippen LogP contribution in [-0.4, -0.2) is 58.3 Å². The SMILES string of the molecule is CCOC(=O)N1CCCC(C(=O)N(C)Cc2c(C)nn(Cc3ccccc3Cl)c2C)C1. The van der Waals surface area contributed by atoms with Crippen LogP contribution in [-0.2, 0) is 22.6 Å². The number of carbonyl (C=O) groups excluding carboxylic acids is 2. The maximum absolute atomic E-state index is 13.1. The van der Waals surface area contributed by atoms with Gasteiger partial charge in [0, 0.05) is 43.0 Å². The van der Waals surface area contributed by atoms with Crippen molar-refractivity contribution >= 4 is 23.6 Å². The summed E-state index contributed by atoms with van der Waals surface area (Å²) >= 11 is 6.31. The lowest BCUT2D eigenvalue weighted by Gasteiger charge is -2.33. The van der Waals surface area contributed by atoms with Gasteiger partial charge in [-0.1, -0.05) is 29.8 Å². The number of amides is 2. The van der Waals surface area contributed by atoms with E-state index in [4.69, 9.17) is 16.3 Å². The van der Waals surface area contributed by atoms with Crippen LogP contribution in [0.15, 0.2) is 24.3 Å². The van der Waals surface area contributed by atoms with E-state index in [-0.39, 0.29) is 17.9 Å². The number of aryl methyl sites for hydroxylation is 1. The lowest BCUT2D eigenvalue weighted by atomic mass is 9.96. The molecule has 168 valence electrons. The molecule has 3 rings (SSSR count). The van der Waals surface area contributed by atoms with Crippen LogP contribution in [0, 0.1) is 19.8 Å². The maximum atomic E-state index is 13.1. The summed E-state index contributed by atoms with van der Waals surface area (Å²) in [6, 6.07) is 7.74. The molecule has 8 heteroatoms. The predicted molar refractivity (Wildman–Crippen MR) is 120 cm³/mol. The molecule has 2 amide bonds. The maximum Gasteiger partial charge on any atom is 0.409 e. The zero-order valence-electron chi connectivity index (χ0n) is 18.7. The smallest absolute Gasteiger partial charge is 0.409 e. The highest BCUT2D eigenvalue weighted by Crippen LogP contribution is 2.23. The molecule has 1 atom stereocenters. The van der Waals surface area contributed by atoms with Gasteiger partial charge in [0.15, 0.2) is 0 Å². The normalized spacial score (nSPS) is 16.3. The molecule has 0 N–H and O–H groups in total. The van der Waals surface area contributed by atoms with Gasteiger partial charge in [-0.15, -0.1) is 0 Å². The van der Waals surface area contributed by atoms with Gasteiger partial charge < -0.3 is 14.5 Å². The van der Waals surface area contributed by atoms with Crippen LogP contribution in [0.1, 0.15) is 42.3 Å². The first kappa shape index (κ1) is 23.1. The van der Waals surface area contributed by atoms with E-state index in [1.54, 1.807) is 16.7 Å². The highest BCUT2D eigenvalue weighted by Gasteiger charge is 2.31. The molecule has 1 aliphatic heterocycles. The van der Waals surface area contributed by atoms with E-state index in [1.165, 1.54) is 0 Å². The number of halogens is 1. The van der Waals surface area contributed by atoms with Gasteiger partial charge in [0.25, 0.3) is 0 Å². The van der Waals surface area contributed by atoms with E-state index in [0.29, 0.717) is 37.8 Å². The molecule has 2 heterocycles. The Morgan fingerprint density at radius 1 is 1.29 bits per heavy atom. The predicted octanol–water partition coefficient (Wildman–Crippen LogP) is 4.03.